The van der Waals surface area contributed by atoms with E-state index < -0.39 is 0 Å². The zero-order chi connectivity index (χ0) is 19.8. The number of thiazole rings is 1. The zero-order valence-electron chi connectivity index (χ0n) is 16.3. The van der Waals surface area contributed by atoms with Crippen molar-refractivity contribution < 1.29 is 4.79 Å². The van der Waals surface area contributed by atoms with Gasteiger partial charge in [0.1, 0.15) is 5.69 Å². The summed E-state index contributed by atoms with van der Waals surface area (Å²) >= 11 is 7.56. The first kappa shape index (κ1) is 19.4. The molecule has 0 aliphatic carbocycles. The van der Waals surface area contributed by atoms with E-state index in [0.717, 1.165) is 41.8 Å². The van der Waals surface area contributed by atoms with E-state index in [-0.39, 0.29) is 11.9 Å². The first-order chi connectivity index (χ1) is 13.4. The minimum absolute atomic E-state index is 0.0964. The first-order valence-electron chi connectivity index (χ1n) is 9.59. The van der Waals surface area contributed by atoms with E-state index >= 15 is 0 Å². The van der Waals surface area contributed by atoms with Crippen molar-refractivity contribution in [2.75, 3.05) is 13.1 Å². The Morgan fingerprint density at radius 1 is 1.29 bits per heavy atom. The van der Waals surface area contributed by atoms with Crippen molar-refractivity contribution >= 4 is 39.1 Å². The Bertz CT molecular complexity index is 1000. The topological polar surface area (TPSA) is 63.1 Å². The number of nitrogens with zero attached hydrogens (tertiary/aromatic N) is 4. The van der Waals surface area contributed by atoms with Crippen LogP contribution < -0.4 is 5.32 Å². The Balaban J connectivity index is 1.54. The van der Waals surface area contributed by atoms with Crippen LogP contribution in [-0.4, -0.2) is 50.7 Å². The Labute approximate surface area is 173 Å². The molecule has 0 atom stereocenters. The van der Waals surface area contributed by atoms with Gasteiger partial charge in [-0.25, -0.2) is 9.67 Å². The van der Waals surface area contributed by atoms with Gasteiger partial charge in [0, 0.05) is 30.2 Å². The second-order valence-corrected chi connectivity index (χ2v) is 9.01. The van der Waals surface area contributed by atoms with Crippen LogP contribution in [0.1, 0.15) is 42.9 Å². The van der Waals surface area contributed by atoms with Gasteiger partial charge in [0.05, 0.1) is 15.9 Å². The summed E-state index contributed by atoms with van der Waals surface area (Å²) < 4.78 is 2.62. The van der Waals surface area contributed by atoms with Crippen molar-refractivity contribution in [3.63, 3.8) is 0 Å². The van der Waals surface area contributed by atoms with Crippen LogP contribution in [0, 0.1) is 6.92 Å². The highest BCUT2D eigenvalue weighted by Gasteiger charge is 2.25. The molecule has 0 bridgehead atoms. The molecule has 1 N–H and O–H groups in total. The van der Waals surface area contributed by atoms with Gasteiger partial charge < -0.3 is 10.2 Å². The van der Waals surface area contributed by atoms with Gasteiger partial charge in [0.15, 0.2) is 0 Å². The van der Waals surface area contributed by atoms with Crippen molar-refractivity contribution in [2.24, 2.45) is 0 Å². The highest BCUT2D eigenvalue weighted by atomic mass is 35.5. The number of halogens is 1. The van der Waals surface area contributed by atoms with Gasteiger partial charge in [-0.1, -0.05) is 22.9 Å². The highest BCUT2D eigenvalue weighted by Crippen LogP contribution is 2.28. The summed E-state index contributed by atoms with van der Waals surface area (Å²) in [7, 11) is 0. The number of aryl methyl sites for hydroxylation is 1. The van der Waals surface area contributed by atoms with Gasteiger partial charge in [-0.05, 0) is 57.9 Å². The Morgan fingerprint density at radius 3 is 2.75 bits per heavy atom. The monoisotopic (exact) mass is 417 g/mol. The van der Waals surface area contributed by atoms with Crippen LogP contribution in [0.25, 0.3) is 15.3 Å². The Kier molecular flexibility index (Phi) is 5.40. The van der Waals surface area contributed by atoms with Gasteiger partial charge in [-0.3, -0.25) is 4.79 Å². The fourth-order valence-corrected chi connectivity index (χ4v) is 4.81. The summed E-state index contributed by atoms with van der Waals surface area (Å²) in [6, 6.07) is 8.15. The van der Waals surface area contributed by atoms with Gasteiger partial charge in [0.2, 0.25) is 5.13 Å². The number of piperidine rings is 1. The molecule has 0 radical (unpaired) electrons. The zero-order valence-corrected chi connectivity index (χ0v) is 17.8. The van der Waals surface area contributed by atoms with E-state index in [1.165, 1.54) is 11.3 Å². The van der Waals surface area contributed by atoms with E-state index in [9.17, 15) is 4.79 Å². The maximum absolute atomic E-state index is 13.0. The van der Waals surface area contributed by atoms with Crippen LogP contribution in [-0.2, 0) is 0 Å². The van der Waals surface area contributed by atoms with Crippen molar-refractivity contribution in [2.45, 2.75) is 45.7 Å². The molecule has 6 nitrogen and oxygen atoms in total. The lowest BCUT2D eigenvalue weighted by Crippen LogP contribution is -2.46. The molecule has 2 aromatic heterocycles. The maximum Gasteiger partial charge on any atom is 0.270 e. The molecule has 0 saturated carbocycles. The smallest absolute Gasteiger partial charge is 0.270 e. The van der Waals surface area contributed by atoms with E-state index in [0.29, 0.717) is 21.9 Å². The number of likely N-dealkylation sites (tertiary alicyclic amines) is 1. The van der Waals surface area contributed by atoms with Crippen molar-refractivity contribution in [1.82, 2.24) is 25.0 Å². The molecule has 8 heteroatoms. The summed E-state index contributed by atoms with van der Waals surface area (Å²) in [5, 5.41) is 9.04. The molecule has 1 fully saturated rings. The van der Waals surface area contributed by atoms with Crippen molar-refractivity contribution in [3.05, 3.63) is 40.7 Å². The molecule has 1 aromatic carbocycles. The normalized spacial score (nSPS) is 16.2. The summed E-state index contributed by atoms with van der Waals surface area (Å²) in [5.41, 5.74) is 2.16. The first-order valence-corrected chi connectivity index (χ1v) is 10.8. The number of carbonyl (C=O) groups is 1. The number of benzene rings is 1. The summed E-state index contributed by atoms with van der Waals surface area (Å²) in [4.78, 5) is 20.1. The third-order valence-electron chi connectivity index (χ3n) is 5.18. The standard InChI is InChI=1S/C20H24ClN5OS/c1-12(2)25-8-6-15(7-9-25)22-19(27)17-10-13(3)24-26(17)20-23-16-5-4-14(21)11-18(16)28-20/h4-5,10-12,15H,6-9H2,1-3H3,(H,22,27). The fourth-order valence-electron chi connectivity index (χ4n) is 3.60. The molecule has 1 aliphatic heterocycles. The van der Waals surface area contributed by atoms with Crippen LogP contribution in [0.4, 0.5) is 0 Å². The molecule has 1 saturated heterocycles. The Morgan fingerprint density at radius 2 is 2.04 bits per heavy atom. The number of amides is 1. The van der Waals surface area contributed by atoms with Gasteiger partial charge in [0.25, 0.3) is 5.91 Å². The maximum atomic E-state index is 13.0. The van der Waals surface area contributed by atoms with E-state index in [2.05, 4.69) is 34.1 Å². The SMILES string of the molecule is Cc1cc(C(=O)NC2CCN(C(C)C)CC2)n(-c2nc3ccc(Cl)cc3s2)n1. The van der Waals surface area contributed by atoms with Gasteiger partial charge >= 0.3 is 0 Å². The van der Waals surface area contributed by atoms with Crippen LogP contribution in [0.15, 0.2) is 24.3 Å². The Hall–Kier alpha value is -1.96. The molecular formula is C20H24ClN5OS. The molecular weight excluding hydrogens is 394 g/mol. The second kappa shape index (κ2) is 7.81. The number of hydrogen-bond donors (Lipinski definition) is 1. The number of hydrogen-bond acceptors (Lipinski definition) is 5. The molecule has 1 aliphatic rings. The summed E-state index contributed by atoms with van der Waals surface area (Å²) in [5.74, 6) is -0.0964. The third-order valence-corrected chi connectivity index (χ3v) is 6.41. The van der Waals surface area contributed by atoms with Crippen LogP contribution in [0.3, 0.4) is 0 Å². The lowest BCUT2D eigenvalue weighted by atomic mass is 10.0. The lowest BCUT2D eigenvalue weighted by molar-refractivity contribution is 0.0893. The highest BCUT2D eigenvalue weighted by molar-refractivity contribution is 7.20. The minimum Gasteiger partial charge on any atom is -0.348 e. The summed E-state index contributed by atoms with van der Waals surface area (Å²) in [6.45, 7) is 8.34. The van der Waals surface area contributed by atoms with Crippen molar-refractivity contribution in [1.29, 1.82) is 0 Å². The van der Waals surface area contributed by atoms with Gasteiger partial charge in [-0.15, -0.1) is 0 Å². The van der Waals surface area contributed by atoms with Crippen LogP contribution in [0.5, 0.6) is 0 Å². The average molecular weight is 418 g/mol. The largest absolute Gasteiger partial charge is 0.348 e. The molecule has 1 amide bonds. The number of nitrogens with one attached hydrogen (secondary N) is 1. The van der Waals surface area contributed by atoms with Crippen LogP contribution >= 0.6 is 22.9 Å². The summed E-state index contributed by atoms with van der Waals surface area (Å²) in [6.07, 6.45) is 1.94. The van der Waals surface area contributed by atoms with Gasteiger partial charge in [-0.2, -0.15) is 5.10 Å². The third kappa shape index (κ3) is 3.92. The predicted octanol–water partition coefficient (Wildman–Crippen LogP) is 4.05. The van der Waals surface area contributed by atoms with E-state index in [4.69, 9.17) is 11.6 Å². The second-order valence-electron chi connectivity index (χ2n) is 7.57. The van der Waals surface area contributed by atoms with Crippen molar-refractivity contribution in [3.8, 4) is 5.13 Å². The quantitative estimate of drug-likeness (QED) is 0.695. The average Bonchev–Trinajstić information content (AvgIpc) is 3.25. The molecule has 3 aromatic rings. The number of rotatable bonds is 4. The molecule has 4 rings (SSSR count). The van der Waals surface area contributed by atoms with E-state index in [1.807, 2.05) is 31.2 Å². The number of aromatic nitrogens is 3. The molecule has 0 unspecified atom stereocenters. The fraction of sp³-hybridized carbons (Fsp3) is 0.450. The minimum atomic E-state index is -0.0964. The molecule has 0 spiro atoms. The molecule has 28 heavy (non-hydrogen) atoms. The molecule has 148 valence electrons. The number of fused-ring (bicyclic) bond motifs is 1. The number of carbonyl (C=O) groups excluding carboxylic acids is 1. The molecule has 3 heterocycles. The lowest BCUT2D eigenvalue weighted by Gasteiger charge is -2.34. The van der Waals surface area contributed by atoms with E-state index in [1.54, 1.807) is 4.68 Å². The predicted molar refractivity (Wildman–Crippen MR) is 114 cm³/mol. The van der Waals surface area contributed by atoms with Crippen LogP contribution in [0.2, 0.25) is 5.02 Å².